The fraction of sp³-hybridized carbons (Fsp3) is 0.238. The van der Waals surface area contributed by atoms with E-state index in [0.717, 1.165) is 33.5 Å². The van der Waals surface area contributed by atoms with Gasteiger partial charge in [-0.2, -0.15) is 0 Å². The number of phenols is 1. The maximum atomic E-state index is 12.7. The Balaban J connectivity index is 1.72. The highest BCUT2D eigenvalue weighted by molar-refractivity contribution is 9.10. The smallest absolute Gasteiger partial charge is 0.293 e. The number of amides is 2. The minimum absolute atomic E-state index is 0.0965. The number of ether oxygens (including phenoxy) is 2. The van der Waals surface area contributed by atoms with Gasteiger partial charge in [0.2, 0.25) is 0 Å². The maximum Gasteiger partial charge on any atom is 0.293 e. The Hall–Kier alpha value is -2.45. The van der Waals surface area contributed by atoms with E-state index < -0.39 is 5.91 Å². The molecule has 0 saturated carbocycles. The van der Waals surface area contributed by atoms with Gasteiger partial charge in [0.05, 0.1) is 18.6 Å². The van der Waals surface area contributed by atoms with Crippen molar-refractivity contribution < 1.29 is 24.2 Å². The van der Waals surface area contributed by atoms with Crippen LogP contribution in [0, 0.1) is 13.8 Å². The first-order chi connectivity index (χ1) is 13.8. The second kappa shape index (κ2) is 8.92. The van der Waals surface area contributed by atoms with E-state index in [1.54, 1.807) is 12.1 Å². The zero-order valence-corrected chi connectivity index (χ0v) is 18.6. The molecule has 2 aromatic rings. The number of nitrogens with zero attached hydrogens (tertiary/aromatic N) is 1. The van der Waals surface area contributed by atoms with Crippen LogP contribution in [0.1, 0.15) is 16.7 Å². The maximum absolute atomic E-state index is 12.7. The lowest BCUT2D eigenvalue weighted by molar-refractivity contribution is -0.123. The highest BCUT2D eigenvalue weighted by Crippen LogP contribution is 2.38. The number of thioether (sulfide) groups is 1. The van der Waals surface area contributed by atoms with Crippen LogP contribution < -0.4 is 9.47 Å². The predicted octanol–water partition coefficient (Wildman–Crippen LogP) is 4.90. The van der Waals surface area contributed by atoms with E-state index in [0.29, 0.717) is 10.0 Å². The van der Waals surface area contributed by atoms with Gasteiger partial charge in [0.1, 0.15) is 12.4 Å². The molecule has 29 heavy (non-hydrogen) atoms. The SMILES string of the molecule is COc1cc(Br)cc(/C=C2\SC(=O)N(CCOc3cc(C)ccc3C)C2=O)c1O. The van der Waals surface area contributed by atoms with Crippen LogP contribution in [0.2, 0.25) is 0 Å². The molecule has 2 aromatic carbocycles. The van der Waals surface area contributed by atoms with Crippen LogP contribution in [0.4, 0.5) is 4.79 Å². The number of aryl methyl sites for hydroxylation is 2. The van der Waals surface area contributed by atoms with Gasteiger partial charge in [0, 0.05) is 10.0 Å². The van der Waals surface area contributed by atoms with Crippen LogP contribution >= 0.6 is 27.7 Å². The van der Waals surface area contributed by atoms with Gasteiger partial charge in [-0.15, -0.1) is 0 Å². The molecule has 6 nitrogen and oxygen atoms in total. The van der Waals surface area contributed by atoms with E-state index in [-0.39, 0.29) is 34.8 Å². The van der Waals surface area contributed by atoms with Gasteiger partial charge in [0.15, 0.2) is 11.5 Å². The minimum atomic E-state index is -0.414. The fourth-order valence-electron chi connectivity index (χ4n) is 2.80. The van der Waals surface area contributed by atoms with Crippen LogP contribution in [0.25, 0.3) is 6.08 Å². The highest BCUT2D eigenvalue weighted by atomic mass is 79.9. The number of phenolic OH excluding ortho intramolecular Hbond substituents is 1. The van der Waals surface area contributed by atoms with E-state index in [4.69, 9.17) is 9.47 Å². The van der Waals surface area contributed by atoms with Crippen molar-refractivity contribution in [2.75, 3.05) is 20.3 Å². The first-order valence-corrected chi connectivity index (χ1v) is 10.4. The summed E-state index contributed by atoms with van der Waals surface area (Å²) in [5.74, 6) is 0.495. The van der Waals surface area contributed by atoms with Crippen molar-refractivity contribution in [2.45, 2.75) is 13.8 Å². The molecule has 0 aliphatic carbocycles. The summed E-state index contributed by atoms with van der Waals surface area (Å²) >= 11 is 4.17. The van der Waals surface area contributed by atoms with Gasteiger partial charge in [-0.3, -0.25) is 14.5 Å². The number of carbonyl (C=O) groups is 2. The second-order valence-electron chi connectivity index (χ2n) is 6.50. The van der Waals surface area contributed by atoms with Gasteiger partial charge in [-0.1, -0.05) is 28.1 Å². The molecule has 0 unspecified atom stereocenters. The Morgan fingerprint density at radius 3 is 2.66 bits per heavy atom. The molecule has 1 aliphatic rings. The van der Waals surface area contributed by atoms with E-state index in [9.17, 15) is 14.7 Å². The van der Waals surface area contributed by atoms with Crippen LogP contribution in [0.5, 0.6) is 17.2 Å². The first kappa shape index (κ1) is 21.3. The molecular formula is C21H20BrNO5S. The Labute approximate surface area is 181 Å². The van der Waals surface area contributed by atoms with Crippen molar-refractivity contribution in [3.05, 3.63) is 56.4 Å². The molecular weight excluding hydrogens is 458 g/mol. The van der Waals surface area contributed by atoms with Crippen molar-refractivity contribution in [1.29, 1.82) is 0 Å². The number of aromatic hydroxyl groups is 1. The molecule has 8 heteroatoms. The third-order valence-corrected chi connectivity index (χ3v) is 5.73. The van der Waals surface area contributed by atoms with Crippen molar-refractivity contribution in [2.24, 2.45) is 0 Å². The summed E-state index contributed by atoms with van der Waals surface area (Å²) in [5.41, 5.74) is 2.45. The molecule has 1 fully saturated rings. The number of rotatable bonds is 6. The normalized spacial score (nSPS) is 15.3. The number of imide groups is 1. The molecule has 1 heterocycles. The zero-order chi connectivity index (χ0) is 21.1. The summed E-state index contributed by atoms with van der Waals surface area (Å²) in [5, 5.41) is 9.91. The molecule has 1 saturated heterocycles. The fourth-order valence-corrected chi connectivity index (χ4v) is 4.11. The Kier molecular flexibility index (Phi) is 6.54. The van der Waals surface area contributed by atoms with Gasteiger partial charge >= 0.3 is 0 Å². The van der Waals surface area contributed by atoms with Crippen LogP contribution in [-0.4, -0.2) is 41.4 Å². The van der Waals surface area contributed by atoms with E-state index in [2.05, 4.69) is 15.9 Å². The summed E-state index contributed by atoms with van der Waals surface area (Å²) in [7, 11) is 1.44. The topological polar surface area (TPSA) is 76.1 Å². The zero-order valence-electron chi connectivity index (χ0n) is 16.2. The molecule has 0 bridgehead atoms. The van der Waals surface area contributed by atoms with Crippen molar-refractivity contribution in [1.82, 2.24) is 4.90 Å². The average Bonchev–Trinajstić information content (AvgIpc) is 2.94. The molecule has 0 aromatic heterocycles. The molecule has 2 amide bonds. The summed E-state index contributed by atoms with van der Waals surface area (Å²) in [6.07, 6.45) is 1.49. The minimum Gasteiger partial charge on any atom is -0.504 e. The second-order valence-corrected chi connectivity index (χ2v) is 8.41. The number of carbonyl (C=O) groups excluding carboxylic acids is 2. The molecule has 152 valence electrons. The molecule has 0 radical (unpaired) electrons. The lowest BCUT2D eigenvalue weighted by Crippen LogP contribution is -2.32. The standard InChI is InChI=1S/C21H20BrNO5S/c1-12-4-5-13(2)16(8-12)28-7-6-23-20(25)18(29-21(23)26)10-14-9-15(22)11-17(27-3)19(14)24/h4-5,8-11,24H,6-7H2,1-3H3/b18-10-. The van der Waals surface area contributed by atoms with Crippen LogP contribution in [0.15, 0.2) is 39.7 Å². The molecule has 1 aliphatic heterocycles. The van der Waals surface area contributed by atoms with E-state index >= 15 is 0 Å². The van der Waals surface area contributed by atoms with Gasteiger partial charge in [0.25, 0.3) is 11.1 Å². The summed E-state index contributed by atoms with van der Waals surface area (Å²) in [4.78, 5) is 26.3. The monoisotopic (exact) mass is 477 g/mol. The third kappa shape index (κ3) is 4.76. The molecule has 1 N–H and O–H groups in total. The molecule has 3 rings (SSSR count). The highest BCUT2D eigenvalue weighted by Gasteiger charge is 2.35. The quantitative estimate of drug-likeness (QED) is 0.596. The van der Waals surface area contributed by atoms with Crippen LogP contribution in [0.3, 0.4) is 0 Å². The lowest BCUT2D eigenvalue weighted by Gasteiger charge is -2.14. The number of hydrogen-bond donors (Lipinski definition) is 1. The summed E-state index contributed by atoms with van der Waals surface area (Å²) in [6.45, 7) is 4.25. The van der Waals surface area contributed by atoms with Gasteiger partial charge in [-0.25, -0.2) is 0 Å². The summed E-state index contributed by atoms with van der Waals surface area (Å²) < 4.78 is 11.6. The number of benzene rings is 2. The van der Waals surface area contributed by atoms with Gasteiger partial charge in [-0.05, 0) is 61.0 Å². The average molecular weight is 478 g/mol. The Morgan fingerprint density at radius 2 is 1.93 bits per heavy atom. The van der Waals surface area contributed by atoms with Gasteiger partial charge < -0.3 is 14.6 Å². The van der Waals surface area contributed by atoms with Crippen LogP contribution in [-0.2, 0) is 4.79 Å². The lowest BCUT2D eigenvalue weighted by atomic mass is 10.1. The van der Waals surface area contributed by atoms with E-state index in [1.807, 2.05) is 32.0 Å². The van der Waals surface area contributed by atoms with Crippen molar-refractivity contribution in [3.8, 4) is 17.2 Å². The summed E-state index contributed by atoms with van der Waals surface area (Å²) in [6, 6.07) is 9.15. The Morgan fingerprint density at radius 1 is 1.17 bits per heavy atom. The van der Waals surface area contributed by atoms with Crippen molar-refractivity contribution >= 4 is 44.9 Å². The van der Waals surface area contributed by atoms with Crippen molar-refractivity contribution in [3.63, 3.8) is 0 Å². The predicted molar refractivity (Wildman–Crippen MR) is 116 cm³/mol. The molecule has 0 atom stereocenters. The number of hydrogen-bond acceptors (Lipinski definition) is 6. The third-order valence-electron chi connectivity index (χ3n) is 4.37. The number of methoxy groups -OCH3 is 1. The Bertz CT molecular complexity index is 1000. The molecule has 0 spiro atoms. The number of halogens is 1. The first-order valence-electron chi connectivity index (χ1n) is 8.82. The largest absolute Gasteiger partial charge is 0.504 e. The van der Waals surface area contributed by atoms with E-state index in [1.165, 1.54) is 13.2 Å².